The molecule has 0 spiro atoms. The lowest BCUT2D eigenvalue weighted by molar-refractivity contribution is 1.04. The Balaban J connectivity index is 2.13. The average Bonchev–Trinajstić information content (AvgIpc) is 2.33. The van der Waals surface area contributed by atoms with Gasteiger partial charge in [0.2, 0.25) is 5.95 Å². The molecule has 0 aliphatic heterocycles. The van der Waals surface area contributed by atoms with Crippen molar-refractivity contribution >= 4 is 35.4 Å². The zero-order chi connectivity index (χ0) is 13.8. The normalized spacial score (nSPS) is 10.9. The molecule has 0 amide bonds. The van der Waals surface area contributed by atoms with E-state index < -0.39 is 0 Å². The van der Waals surface area contributed by atoms with E-state index in [2.05, 4.69) is 20.5 Å². The van der Waals surface area contributed by atoms with Crippen molar-refractivity contribution in [3.8, 4) is 0 Å². The number of hydrogen-bond acceptors (Lipinski definition) is 4. The van der Waals surface area contributed by atoms with Crippen LogP contribution in [0.4, 0.5) is 5.95 Å². The van der Waals surface area contributed by atoms with Gasteiger partial charge in [-0.1, -0.05) is 35.3 Å². The topological polar surface area (TPSA) is 50.2 Å². The van der Waals surface area contributed by atoms with Gasteiger partial charge in [0.15, 0.2) is 0 Å². The SMILES string of the molecule is Cc1cc(C)nc(N/N=C/c2cccc(Cl)c2Cl)n1. The molecular formula is C13H12Cl2N4. The molecule has 98 valence electrons. The van der Waals surface area contributed by atoms with Gasteiger partial charge in [0.05, 0.1) is 16.3 Å². The predicted molar refractivity (Wildman–Crippen MR) is 79.2 cm³/mol. The molecule has 0 saturated heterocycles. The zero-order valence-electron chi connectivity index (χ0n) is 10.5. The molecule has 1 heterocycles. The number of nitrogens with one attached hydrogen (secondary N) is 1. The van der Waals surface area contributed by atoms with Gasteiger partial charge in [-0.2, -0.15) is 5.10 Å². The third-order valence-electron chi connectivity index (χ3n) is 2.33. The third-order valence-corrected chi connectivity index (χ3v) is 3.17. The van der Waals surface area contributed by atoms with E-state index in [1.54, 1.807) is 12.3 Å². The third kappa shape index (κ3) is 3.66. The summed E-state index contributed by atoms with van der Waals surface area (Å²) in [5.41, 5.74) is 5.26. The Bertz CT molecular complexity index is 606. The maximum atomic E-state index is 6.04. The minimum absolute atomic E-state index is 0.451. The van der Waals surface area contributed by atoms with Gasteiger partial charge in [-0.05, 0) is 26.0 Å². The first kappa shape index (κ1) is 13.8. The highest BCUT2D eigenvalue weighted by Gasteiger charge is 2.01. The molecular weight excluding hydrogens is 283 g/mol. The minimum Gasteiger partial charge on any atom is -0.245 e. The molecule has 0 atom stereocenters. The smallest absolute Gasteiger partial charge is 0.243 e. The number of anilines is 1. The monoisotopic (exact) mass is 294 g/mol. The lowest BCUT2D eigenvalue weighted by atomic mass is 10.2. The highest BCUT2D eigenvalue weighted by molar-refractivity contribution is 6.43. The molecule has 0 radical (unpaired) electrons. The molecule has 6 heteroatoms. The van der Waals surface area contributed by atoms with Crippen LogP contribution in [0, 0.1) is 13.8 Å². The number of nitrogens with zero attached hydrogens (tertiary/aromatic N) is 3. The van der Waals surface area contributed by atoms with E-state index in [1.807, 2.05) is 32.0 Å². The summed E-state index contributed by atoms with van der Waals surface area (Å²) in [5.74, 6) is 0.451. The van der Waals surface area contributed by atoms with Gasteiger partial charge < -0.3 is 0 Å². The van der Waals surface area contributed by atoms with E-state index in [4.69, 9.17) is 23.2 Å². The van der Waals surface area contributed by atoms with Gasteiger partial charge in [0, 0.05) is 17.0 Å². The summed E-state index contributed by atoms with van der Waals surface area (Å²) in [7, 11) is 0. The van der Waals surface area contributed by atoms with E-state index in [9.17, 15) is 0 Å². The quantitative estimate of drug-likeness (QED) is 0.691. The van der Waals surface area contributed by atoms with E-state index in [0.717, 1.165) is 17.0 Å². The van der Waals surface area contributed by atoms with Crippen LogP contribution in [0.25, 0.3) is 0 Å². The maximum absolute atomic E-state index is 6.04. The predicted octanol–water partition coefficient (Wildman–Crippen LogP) is 3.85. The fourth-order valence-corrected chi connectivity index (χ4v) is 1.91. The standard InChI is InChI=1S/C13H12Cl2N4/c1-8-6-9(2)18-13(17-8)19-16-7-10-4-3-5-11(14)12(10)15/h3-7H,1-2H3,(H,17,18,19)/b16-7+. The molecule has 0 aliphatic rings. The second-order valence-corrected chi connectivity index (χ2v) is 4.77. The van der Waals surface area contributed by atoms with Crippen molar-refractivity contribution in [2.45, 2.75) is 13.8 Å². The summed E-state index contributed by atoms with van der Waals surface area (Å²) in [4.78, 5) is 8.42. The molecule has 2 rings (SSSR count). The van der Waals surface area contributed by atoms with Crippen molar-refractivity contribution in [1.29, 1.82) is 0 Å². The first-order valence-electron chi connectivity index (χ1n) is 5.61. The van der Waals surface area contributed by atoms with Crippen molar-refractivity contribution in [3.63, 3.8) is 0 Å². The van der Waals surface area contributed by atoms with E-state index in [-0.39, 0.29) is 0 Å². The van der Waals surface area contributed by atoms with Crippen LogP contribution >= 0.6 is 23.2 Å². The number of rotatable bonds is 3. The van der Waals surface area contributed by atoms with Crippen LogP contribution in [0.3, 0.4) is 0 Å². The first-order valence-corrected chi connectivity index (χ1v) is 6.37. The molecule has 1 aromatic carbocycles. The molecule has 0 aliphatic carbocycles. The average molecular weight is 295 g/mol. The maximum Gasteiger partial charge on any atom is 0.243 e. The van der Waals surface area contributed by atoms with Crippen LogP contribution in [0.2, 0.25) is 10.0 Å². The number of hydrazone groups is 1. The Labute approximate surface area is 121 Å². The first-order chi connectivity index (χ1) is 9.06. The largest absolute Gasteiger partial charge is 0.245 e. The van der Waals surface area contributed by atoms with Crippen LogP contribution in [0.15, 0.2) is 29.4 Å². The van der Waals surface area contributed by atoms with Gasteiger partial charge in [-0.25, -0.2) is 15.4 Å². The number of halogens is 2. The van der Waals surface area contributed by atoms with Crippen molar-refractivity contribution in [2.24, 2.45) is 5.10 Å². The van der Waals surface area contributed by atoms with Gasteiger partial charge >= 0.3 is 0 Å². The van der Waals surface area contributed by atoms with E-state index >= 15 is 0 Å². The van der Waals surface area contributed by atoms with Gasteiger partial charge in [-0.15, -0.1) is 0 Å². The fraction of sp³-hybridized carbons (Fsp3) is 0.154. The van der Waals surface area contributed by atoms with Crippen molar-refractivity contribution in [1.82, 2.24) is 9.97 Å². The van der Waals surface area contributed by atoms with Gasteiger partial charge in [0.1, 0.15) is 0 Å². The summed E-state index contributed by atoms with van der Waals surface area (Å²) >= 11 is 12.0. The molecule has 4 nitrogen and oxygen atoms in total. The minimum atomic E-state index is 0.451. The number of hydrogen-bond donors (Lipinski definition) is 1. The molecule has 0 fully saturated rings. The molecule has 1 N–H and O–H groups in total. The highest BCUT2D eigenvalue weighted by Crippen LogP contribution is 2.24. The highest BCUT2D eigenvalue weighted by atomic mass is 35.5. The zero-order valence-corrected chi connectivity index (χ0v) is 12.0. The van der Waals surface area contributed by atoms with Crippen LogP contribution < -0.4 is 5.43 Å². The van der Waals surface area contributed by atoms with Crippen LogP contribution in [0.1, 0.15) is 17.0 Å². The van der Waals surface area contributed by atoms with Gasteiger partial charge in [-0.3, -0.25) is 0 Å². The summed E-state index contributed by atoms with van der Waals surface area (Å²) in [5, 5.41) is 5.02. The Morgan fingerprint density at radius 2 is 1.84 bits per heavy atom. The van der Waals surface area contributed by atoms with Crippen LogP contribution in [-0.2, 0) is 0 Å². The fourth-order valence-electron chi connectivity index (χ4n) is 1.56. The molecule has 0 saturated carbocycles. The Morgan fingerprint density at radius 1 is 1.16 bits per heavy atom. The second kappa shape index (κ2) is 5.99. The number of aryl methyl sites for hydroxylation is 2. The Morgan fingerprint density at radius 3 is 2.53 bits per heavy atom. The molecule has 0 bridgehead atoms. The van der Waals surface area contributed by atoms with Gasteiger partial charge in [0.25, 0.3) is 0 Å². The molecule has 19 heavy (non-hydrogen) atoms. The van der Waals surface area contributed by atoms with Crippen molar-refractivity contribution < 1.29 is 0 Å². The summed E-state index contributed by atoms with van der Waals surface area (Å²) in [6.07, 6.45) is 1.58. The van der Waals surface area contributed by atoms with Crippen molar-refractivity contribution in [2.75, 3.05) is 5.43 Å². The van der Waals surface area contributed by atoms with E-state index in [1.165, 1.54) is 0 Å². The Kier molecular flexibility index (Phi) is 4.35. The van der Waals surface area contributed by atoms with E-state index in [0.29, 0.717) is 16.0 Å². The summed E-state index contributed by atoms with van der Waals surface area (Å²) < 4.78 is 0. The van der Waals surface area contributed by atoms with Crippen LogP contribution in [0.5, 0.6) is 0 Å². The molecule has 1 aromatic heterocycles. The van der Waals surface area contributed by atoms with Crippen LogP contribution in [-0.4, -0.2) is 16.2 Å². The second-order valence-electron chi connectivity index (χ2n) is 3.99. The lowest BCUT2D eigenvalue weighted by Gasteiger charge is -2.02. The Hall–Kier alpha value is -1.65. The number of benzene rings is 1. The summed E-state index contributed by atoms with van der Waals surface area (Å²) in [6, 6.07) is 7.25. The summed E-state index contributed by atoms with van der Waals surface area (Å²) in [6.45, 7) is 3.80. The number of aromatic nitrogens is 2. The molecule has 2 aromatic rings. The van der Waals surface area contributed by atoms with Crippen molar-refractivity contribution in [3.05, 3.63) is 51.3 Å². The lowest BCUT2D eigenvalue weighted by Crippen LogP contribution is -1.99. The molecule has 0 unspecified atom stereocenters.